The quantitative estimate of drug-likeness (QED) is 0.649. The molecule has 2 aromatic carbocycles. The standard InChI is InChI=1S/C23H29N3O4/c1-16(27)25-20(18-10-6-5-7-11-18)21(28)26-19-12-8-9-17(15-19)13-14-24-22(29)30-23(2,3)4/h5-12,15,20H,13-14H2,1-4H3,(H,24,29)(H,25,27)(H,26,28). The maximum atomic E-state index is 12.8. The molecule has 0 heterocycles. The summed E-state index contributed by atoms with van der Waals surface area (Å²) in [5.41, 5.74) is 1.71. The molecule has 3 N–H and O–H groups in total. The van der Waals surface area contributed by atoms with E-state index in [1.54, 1.807) is 18.2 Å². The van der Waals surface area contributed by atoms with Gasteiger partial charge in [-0.2, -0.15) is 0 Å². The molecule has 0 aromatic heterocycles. The van der Waals surface area contributed by atoms with Crippen LogP contribution >= 0.6 is 0 Å². The summed E-state index contributed by atoms with van der Waals surface area (Å²) in [6, 6.07) is 15.6. The number of benzene rings is 2. The summed E-state index contributed by atoms with van der Waals surface area (Å²) < 4.78 is 5.21. The molecule has 2 rings (SSSR count). The van der Waals surface area contributed by atoms with Crippen molar-refractivity contribution in [3.63, 3.8) is 0 Å². The summed E-state index contributed by atoms with van der Waals surface area (Å²) >= 11 is 0. The molecule has 7 heteroatoms. The van der Waals surface area contributed by atoms with Gasteiger partial charge in [0.15, 0.2) is 0 Å². The molecule has 0 aliphatic heterocycles. The van der Waals surface area contributed by atoms with Crippen LogP contribution in [-0.2, 0) is 20.7 Å². The predicted octanol–water partition coefficient (Wildman–Crippen LogP) is 3.57. The molecule has 0 bridgehead atoms. The second-order valence-electron chi connectivity index (χ2n) is 7.91. The summed E-state index contributed by atoms with van der Waals surface area (Å²) in [6.07, 6.45) is 0.115. The van der Waals surface area contributed by atoms with Crippen molar-refractivity contribution in [2.45, 2.75) is 45.8 Å². The van der Waals surface area contributed by atoms with Crippen molar-refractivity contribution >= 4 is 23.6 Å². The van der Waals surface area contributed by atoms with Gasteiger partial charge >= 0.3 is 6.09 Å². The number of rotatable bonds is 7. The van der Waals surface area contributed by atoms with Gasteiger partial charge in [-0.25, -0.2) is 4.79 Å². The van der Waals surface area contributed by atoms with Crippen molar-refractivity contribution in [1.29, 1.82) is 0 Å². The van der Waals surface area contributed by atoms with E-state index in [9.17, 15) is 14.4 Å². The van der Waals surface area contributed by atoms with E-state index in [0.29, 0.717) is 24.2 Å². The van der Waals surface area contributed by atoms with Gasteiger partial charge in [0.05, 0.1) is 0 Å². The van der Waals surface area contributed by atoms with E-state index >= 15 is 0 Å². The SMILES string of the molecule is CC(=O)NC(C(=O)Nc1cccc(CCNC(=O)OC(C)(C)C)c1)c1ccccc1. The zero-order chi connectivity index (χ0) is 22.1. The maximum Gasteiger partial charge on any atom is 0.407 e. The lowest BCUT2D eigenvalue weighted by Gasteiger charge is -2.19. The second-order valence-corrected chi connectivity index (χ2v) is 7.91. The van der Waals surface area contributed by atoms with Gasteiger partial charge in [-0.05, 0) is 50.5 Å². The smallest absolute Gasteiger partial charge is 0.407 e. The first-order valence-corrected chi connectivity index (χ1v) is 9.83. The number of carbonyl (C=O) groups is 3. The molecule has 0 spiro atoms. The van der Waals surface area contributed by atoms with Crippen LogP contribution in [-0.4, -0.2) is 30.1 Å². The van der Waals surface area contributed by atoms with E-state index in [2.05, 4.69) is 16.0 Å². The summed E-state index contributed by atoms with van der Waals surface area (Å²) in [5, 5.41) is 8.25. The molecule has 3 amide bonds. The maximum absolute atomic E-state index is 12.8. The van der Waals surface area contributed by atoms with Crippen LogP contribution in [0.1, 0.15) is 44.9 Å². The van der Waals surface area contributed by atoms with E-state index in [-0.39, 0.29) is 11.8 Å². The van der Waals surface area contributed by atoms with Gasteiger partial charge in [-0.15, -0.1) is 0 Å². The number of ether oxygens (including phenoxy) is 1. The first-order valence-electron chi connectivity index (χ1n) is 9.83. The van der Waals surface area contributed by atoms with Crippen molar-refractivity contribution < 1.29 is 19.1 Å². The molecule has 0 aliphatic carbocycles. The molecule has 160 valence electrons. The van der Waals surface area contributed by atoms with Crippen LogP contribution in [0, 0.1) is 0 Å². The lowest BCUT2D eigenvalue weighted by Crippen LogP contribution is -2.35. The zero-order valence-electron chi connectivity index (χ0n) is 17.8. The Hall–Kier alpha value is -3.35. The van der Waals surface area contributed by atoms with E-state index in [1.807, 2.05) is 57.2 Å². The normalized spacial score (nSPS) is 11.9. The Morgan fingerprint density at radius 3 is 2.33 bits per heavy atom. The number of hydrogen-bond donors (Lipinski definition) is 3. The third-order valence-electron chi connectivity index (χ3n) is 4.02. The first kappa shape index (κ1) is 22.9. The highest BCUT2D eigenvalue weighted by Gasteiger charge is 2.21. The molecule has 1 unspecified atom stereocenters. The molecule has 7 nitrogen and oxygen atoms in total. The second kappa shape index (κ2) is 10.4. The Kier molecular flexibility index (Phi) is 7.98. The number of carbonyl (C=O) groups excluding carboxylic acids is 3. The zero-order valence-corrected chi connectivity index (χ0v) is 17.8. The van der Waals surface area contributed by atoms with Gasteiger partial charge in [0.1, 0.15) is 11.6 Å². The van der Waals surface area contributed by atoms with Crippen molar-refractivity contribution in [1.82, 2.24) is 10.6 Å². The molecule has 0 saturated carbocycles. The monoisotopic (exact) mass is 411 g/mol. The van der Waals surface area contributed by atoms with Crippen LogP contribution in [0.25, 0.3) is 0 Å². The molecule has 2 aromatic rings. The number of nitrogens with one attached hydrogen (secondary N) is 3. The minimum atomic E-state index is -0.791. The van der Waals surface area contributed by atoms with Gasteiger partial charge in [0.2, 0.25) is 5.91 Å². The van der Waals surface area contributed by atoms with Crippen LogP contribution in [0.3, 0.4) is 0 Å². The fourth-order valence-electron chi connectivity index (χ4n) is 2.79. The Bertz CT molecular complexity index is 876. The number of hydrogen-bond acceptors (Lipinski definition) is 4. The summed E-state index contributed by atoms with van der Waals surface area (Å²) in [4.78, 5) is 36.1. The van der Waals surface area contributed by atoms with Crippen molar-refractivity contribution in [3.8, 4) is 0 Å². The predicted molar refractivity (Wildman–Crippen MR) is 116 cm³/mol. The number of amides is 3. The van der Waals surface area contributed by atoms with Gasteiger partial charge in [-0.1, -0.05) is 42.5 Å². The highest BCUT2D eigenvalue weighted by Crippen LogP contribution is 2.17. The van der Waals surface area contributed by atoms with E-state index < -0.39 is 17.7 Å². The van der Waals surface area contributed by atoms with E-state index in [4.69, 9.17) is 4.74 Å². The van der Waals surface area contributed by atoms with E-state index in [0.717, 1.165) is 5.56 Å². The Morgan fingerprint density at radius 2 is 1.70 bits per heavy atom. The molecular weight excluding hydrogens is 382 g/mol. The van der Waals surface area contributed by atoms with Crippen LogP contribution in [0.4, 0.5) is 10.5 Å². The molecule has 0 aliphatic rings. The average molecular weight is 412 g/mol. The highest BCUT2D eigenvalue weighted by molar-refractivity contribution is 5.97. The lowest BCUT2D eigenvalue weighted by atomic mass is 10.1. The fourth-order valence-corrected chi connectivity index (χ4v) is 2.79. The lowest BCUT2D eigenvalue weighted by molar-refractivity contribution is -0.125. The third-order valence-corrected chi connectivity index (χ3v) is 4.02. The molecule has 0 radical (unpaired) electrons. The minimum absolute atomic E-state index is 0.291. The molecule has 30 heavy (non-hydrogen) atoms. The summed E-state index contributed by atoms with van der Waals surface area (Å²) in [6.45, 7) is 7.21. The van der Waals surface area contributed by atoms with Gasteiger partial charge in [0.25, 0.3) is 5.91 Å². The van der Waals surface area contributed by atoms with Gasteiger partial charge in [0, 0.05) is 19.2 Å². The van der Waals surface area contributed by atoms with Crippen LogP contribution in [0.2, 0.25) is 0 Å². The molecule has 1 atom stereocenters. The Balaban J connectivity index is 1.98. The fraction of sp³-hybridized carbons (Fsp3) is 0.348. The highest BCUT2D eigenvalue weighted by atomic mass is 16.6. The summed E-state index contributed by atoms with van der Waals surface area (Å²) in [5.74, 6) is -0.624. The van der Waals surface area contributed by atoms with Crippen molar-refractivity contribution in [2.75, 3.05) is 11.9 Å². The van der Waals surface area contributed by atoms with Gasteiger partial charge in [-0.3, -0.25) is 9.59 Å². The summed E-state index contributed by atoms with van der Waals surface area (Å²) in [7, 11) is 0. The average Bonchev–Trinajstić information content (AvgIpc) is 2.65. The molecule has 0 saturated heterocycles. The van der Waals surface area contributed by atoms with Crippen LogP contribution in [0.15, 0.2) is 54.6 Å². The van der Waals surface area contributed by atoms with Gasteiger partial charge < -0.3 is 20.7 Å². The minimum Gasteiger partial charge on any atom is -0.444 e. The number of anilines is 1. The molecule has 0 fully saturated rings. The van der Waals surface area contributed by atoms with Crippen molar-refractivity contribution in [2.24, 2.45) is 0 Å². The topological polar surface area (TPSA) is 96.5 Å². The van der Waals surface area contributed by atoms with E-state index in [1.165, 1.54) is 6.92 Å². The van der Waals surface area contributed by atoms with Crippen LogP contribution < -0.4 is 16.0 Å². The third kappa shape index (κ3) is 7.95. The van der Waals surface area contributed by atoms with Crippen molar-refractivity contribution in [3.05, 3.63) is 65.7 Å². The Labute approximate surface area is 177 Å². The molecular formula is C23H29N3O4. The van der Waals surface area contributed by atoms with Crippen LogP contribution in [0.5, 0.6) is 0 Å². The largest absolute Gasteiger partial charge is 0.444 e. The first-order chi connectivity index (χ1) is 14.1. The number of alkyl carbamates (subject to hydrolysis) is 1. The Morgan fingerprint density at radius 1 is 1.00 bits per heavy atom.